The molecular weight excluding hydrogens is 313 g/mol. The molecule has 1 rings (SSSR count). The summed E-state index contributed by atoms with van der Waals surface area (Å²) in [7, 11) is 0. The van der Waals surface area contributed by atoms with E-state index in [1.807, 2.05) is 20.8 Å². The van der Waals surface area contributed by atoms with Crippen LogP contribution in [0.5, 0.6) is 0 Å². The number of carbonyl (C=O) groups is 2. The number of hydrogen-bond acceptors (Lipinski definition) is 3. The van der Waals surface area contributed by atoms with Crippen molar-refractivity contribution in [3.8, 4) is 0 Å². The number of ether oxygens (including phenoxy) is 1. The van der Waals surface area contributed by atoms with E-state index in [0.717, 1.165) is 0 Å². The van der Waals surface area contributed by atoms with Gasteiger partial charge in [-0.15, -0.1) is 0 Å². The second-order valence-corrected chi connectivity index (χ2v) is 6.00. The van der Waals surface area contributed by atoms with Gasteiger partial charge in [0.25, 0.3) is 5.91 Å². The van der Waals surface area contributed by atoms with Gasteiger partial charge in [-0.25, -0.2) is 0 Å². The third-order valence-electron chi connectivity index (χ3n) is 3.09. The summed E-state index contributed by atoms with van der Waals surface area (Å²) in [4.78, 5) is 23.2. The molecule has 1 N–H and O–H groups in total. The SMILES string of the molecule is CC(C)[C@@H](C)NC(=O)COC(=O)Cc1ccc(Cl)c(Cl)c1. The minimum absolute atomic E-state index is 0.0336. The van der Waals surface area contributed by atoms with E-state index in [1.165, 1.54) is 0 Å². The first kappa shape index (κ1) is 17.8. The van der Waals surface area contributed by atoms with E-state index in [0.29, 0.717) is 21.5 Å². The molecule has 21 heavy (non-hydrogen) atoms. The fraction of sp³-hybridized carbons (Fsp3) is 0.467. The number of halogens is 2. The molecule has 0 fully saturated rings. The molecule has 4 nitrogen and oxygen atoms in total. The lowest BCUT2D eigenvalue weighted by atomic mass is 10.1. The lowest BCUT2D eigenvalue weighted by Crippen LogP contribution is -2.38. The molecule has 0 aromatic heterocycles. The molecular formula is C15H19Cl2NO3. The van der Waals surface area contributed by atoms with Crippen molar-refractivity contribution in [1.29, 1.82) is 0 Å². The monoisotopic (exact) mass is 331 g/mol. The van der Waals surface area contributed by atoms with Crippen LogP contribution in [0.3, 0.4) is 0 Å². The third kappa shape index (κ3) is 6.36. The zero-order valence-corrected chi connectivity index (χ0v) is 13.8. The van der Waals surface area contributed by atoms with Crippen LogP contribution >= 0.6 is 23.2 Å². The summed E-state index contributed by atoms with van der Waals surface area (Å²) in [5.41, 5.74) is 0.686. The maximum absolute atomic E-state index is 11.7. The van der Waals surface area contributed by atoms with Gasteiger partial charge in [0.05, 0.1) is 16.5 Å². The van der Waals surface area contributed by atoms with Gasteiger partial charge in [0, 0.05) is 6.04 Å². The minimum Gasteiger partial charge on any atom is -0.455 e. The number of benzene rings is 1. The molecule has 116 valence electrons. The van der Waals surface area contributed by atoms with Crippen LogP contribution in [-0.2, 0) is 20.7 Å². The van der Waals surface area contributed by atoms with Crippen LogP contribution in [0.1, 0.15) is 26.3 Å². The Balaban J connectivity index is 2.40. The van der Waals surface area contributed by atoms with E-state index in [-0.39, 0.29) is 25.0 Å². The first-order chi connectivity index (χ1) is 9.79. The first-order valence-electron chi connectivity index (χ1n) is 6.68. The van der Waals surface area contributed by atoms with Crippen LogP contribution in [0.25, 0.3) is 0 Å². The molecule has 0 saturated carbocycles. The van der Waals surface area contributed by atoms with Crippen LogP contribution in [0.2, 0.25) is 10.0 Å². The standard InChI is InChI=1S/C15H19Cl2NO3/c1-9(2)10(3)18-14(19)8-21-15(20)7-11-4-5-12(16)13(17)6-11/h4-6,9-10H,7-8H2,1-3H3,(H,18,19)/t10-/m1/s1. The summed E-state index contributed by atoms with van der Waals surface area (Å²) in [6.45, 7) is 5.62. The Kier molecular flexibility index (Phi) is 6.99. The molecule has 0 aliphatic rings. The van der Waals surface area contributed by atoms with Gasteiger partial charge in [-0.05, 0) is 30.5 Å². The van der Waals surface area contributed by atoms with Crippen molar-refractivity contribution in [2.24, 2.45) is 5.92 Å². The quantitative estimate of drug-likeness (QED) is 0.814. The van der Waals surface area contributed by atoms with Crippen LogP contribution in [0.4, 0.5) is 0 Å². The number of rotatable bonds is 6. The summed E-state index contributed by atoms with van der Waals surface area (Å²) in [6.07, 6.45) is 0.0455. The van der Waals surface area contributed by atoms with Gasteiger partial charge >= 0.3 is 5.97 Å². The number of carbonyl (C=O) groups excluding carboxylic acids is 2. The molecule has 0 aliphatic heterocycles. The lowest BCUT2D eigenvalue weighted by Gasteiger charge is -2.17. The summed E-state index contributed by atoms with van der Waals surface area (Å²) >= 11 is 11.7. The molecule has 1 aromatic carbocycles. The molecule has 0 saturated heterocycles. The lowest BCUT2D eigenvalue weighted by molar-refractivity contribution is -0.148. The van der Waals surface area contributed by atoms with E-state index < -0.39 is 5.97 Å². The van der Waals surface area contributed by atoms with Crippen molar-refractivity contribution < 1.29 is 14.3 Å². The molecule has 0 unspecified atom stereocenters. The topological polar surface area (TPSA) is 55.4 Å². The fourth-order valence-electron chi connectivity index (χ4n) is 1.48. The Morgan fingerprint density at radius 2 is 1.86 bits per heavy atom. The minimum atomic E-state index is -0.485. The highest BCUT2D eigenvalue weighted by Crippen LogP contribution is 2.22. The van der Waals surface area contributed by atoms with Crippen molar-refractivity contribution in [3.05, 3.63) is 33.8 Å². The number of hydrogen-bond donors (Lipinski definition) is 1. The molecule has 1 atom stereocenters. The van der Waals surface area contributed by atoms with E-state index in [2.05, 4.69) is 5.32 Å². The normalized spacial score (nSPS) is 12.1. The molecule has 0 bridgehead atoms. The van der Waals surface area contributed by atoms with Crippen molar-refractivity contribution in [1.82, 2.24) is 5.32 Å². The Labute approximate surface area is 134 Å². The van der Waals surface area contributed by atoms with Gasteiger partial charge < -0.3 is 10.1 Å². The highest BCUT2D eigenvalue weighted by Gasteiger charge is 2.13. The Morgan fingerprint density at radius 1 is 1.19 bits per heavy atom. The zero-order valence-electron chi connectivity index (χ0n) is 12.3. The van der Waals surface area contributed by atoms with E-state index in [1.54, 1.807) is 18.2 Å². The van der Waals surface area contributed by atoms with Crippen LogP contribution in [0, 0.1) is 5.92 Å². The van der Waals surface area contributed by atoms with Crippen molar-refractivity contribution >= 4 is 35.1 Å². The zero-order chi connectivity index (χ0) is 16.0. The van der Waals surface area contributed by atoms with Gasteiger partial charge in [-0.2, -0.15) is 0 Å². The average Bonchev–Trinajstić information content (AvgIpc) is 2.40. The maximum atomic E-state index is 11.7. The van der Waals surface area contributed by atoms with Gasteiger partial charge in [-0.3, -0.25) is 9.59 Å². The Hall–Kier alpha value is -1.26. The molecule has 1 aromatic rings. The first-order valence-corrected chi connectivity index (χ1v) is 7.44. The van der Waals surface area contributed by atoms with E-state index in [4.69, 9.17) is 27.9 Å². The number of nitrogens with one attached hydrogen (secondary N) is 1. The smallest absolute Gasteiger partial charge is 0.310 e. The largest absolute Gasteiger partial charge is 0.455 e. The van der Waals surface area contributed by atoms with Crippen LogP contribution < -0.4 is 5.32 Å². The highest BCUT2D eigenvalue weighted by molar-refractivity contribution is 6.42. The molecule has 0 spiro atoms. The predicted octanol–water partition coefficient (Wildman–Crippen LogP) is 3.24. The van der Waals surface area contributed by atoms with E-state index >= 15 is 0 Å². The summed E-state index contributed by atoms with van der Waals surface area (Å²) in [5, 5.41) is 3.57. The second kappa shape index (κ2) is 8.25. The van der Waals surface area contributed by atoms with Crippen molar-refractivity contribution in [2.75, 3.05) is 6.61 Å². The summed E-state index contributed by atoms with van der Waals surface area (Å²) < 4.78 is 4.93. The summed E-state index contributed by atoms with van der Waals surface area (Å²) in [5.74, 6) is -0.472. The third-order valence-corrected chi connectivity index (χ3v) is 3.82. The Morgan fingerprint density at radius 3 is 2.43 bits per heavy atom. The van der Waals surface area contributed by atoms with Crippen molar-refractivity contribution in [3.63, 3.8) is 0 Å². The van der Waals surface area contributed by atoms with Crippen LogP contribution in [-0.4, -0.2) is 24.5 Å². The van der Waals surface area contributed by atoms with Gasteiger partial charge in [0.1, 0.15) is 0 Å². The maximum Gasteiger partial charge on any atom is 0.310 e. The van der Waals surface area contributed by atoms with Gasteiger partial charge in [-0.1, -0.05) is 43.1 Å². The molecule has 0 heterocycles. The van der Waals surface area contributed by atoms with Gasteiger partial charge in [0.15, 0.2) is 6.61 Å². The van der Waals surface area contributed by atoms with Gasteiger partial charge in [0.2, 0.25) is 0 Å². The molecule has 1 amide bonds. The van der Waals surface area contributed by atoms with E-state index in [9.17, 15) is 9.59 Å². The number of esters is 1. The summed E-state index contributed by atoms with van der Waals surface area (Å²) in [6, 6.07) is 4.94. The predicted molar refractivity (Wildman–Crippen MR) is 83.6 cm³/mol. The second-order valence-electron chi connectivity index (χ2n) is 5.19. The highest BCUT2D eigenvalue weighted by atomic mass is 35.5. The number of amides is 1. The Bertz CT molecular complexity index is 518. The molecule has 6 heteroatoms. The molecule has 0 radical (unpaired) electrons. The van der Waals surface area contributed by atoms with Crippen molar-refractivity contribution in [2.45, 2.75) is 33.2 Å². The average molecular weight is 332 g/mol. The fourth-order valence-corrected chi connectivity index (χ4v) is 1.80. The molecule has 0 aliphatic carbocycles. The van der Waals surface area contributed by atoms with Crippen LogP contribution in [0.15, 0.2) is 18.2 Å².